The molecule has 1 rings (SSSR count). The lowest BCUT2D eigenvalue weighted by atomic mass is 10.0. The van der Waals surface area contributed by atoms with Crippen molar-refractivity contribution in [1.82, 2.24) is 5.32 Å². The summed E-state index contributed by atoms with van der Waals surface area (Å²) in [7, 11) is 0. The monoisotopic (exact) mass is 255 g/mol. The molecule has 0 aromatic heterocycles. The SMILES string of the molecule is CCCOCCC(NCC)c1ccccc1Cl. The van der Waals surface area contributed by atoms with Gasteiger partial charge in [0.15, 0.2) is 0 Å². The molecule has 1 atom stereocenters. The molecule has 1 unspecified atom stereocenters. The largest absolute Gasteiger partial charge is 0.381 e. The molecule has 0 saturated carbocycles. The molecule has 0 spiro atoms. The summed E-state index contributed by atoms with van der Waals surface area (Å²) in [5, 5.41) is 4.28. The highest BCUT2D eigenvalue weighted by Crippen LogP contribution is 2.24. The Hall–Kier alpha value is -0.570. The second-order valence-corrected chi connectivity index (χ2v) is 4.44. The van der Waals surface area contributed by atoms with E-state index in [0.717, 1.165) is 43.2 Å². The molecule has 0 heterocycles. The molecule has 0 radical (unpaired) electrons. The number of benzene rings is 1. The van der Waals surface area contributed by atoms with Gasteiger partial charge in [-0.3, -0.25) is 0 Å². The van der Waals surface area contributed by atoms with Crippen molar-refractivity contribution in [2.24, 2.45) is 0 Å². The Morgan fingerprint density at radius 3 is 2.65 bits per heavy atom. The van der Waals surface area contributed by atoms with Crippen molar-refractivity contribution in [2.45, 2.75) is 32.7 Å². The van der Waals surface area contributed by atoms with Crippen LogP contribution < -0.4 is 5.32 Å². The van der Waals surface area contributed by atoms with Gasteiger partial charge in [-0.2, -0.15) is 0 Å². The van der Waals surface area contributed by atoms with E-state index in [1.54, 1.807) is 0 Å². The normalized spacial score (nSPS) is 12.6. The van der Waals surface area contributed by atoms with Crippen LogP contribution in [0.4, 0.5) is 0 Å². The van der Waals surface area contributed by atoms with Gasteiger partial charge in [0.25, 0.3) is 0 Å². The molecular weight excluding hydrogens is 234 g/mol. The maximum Gasteiger partial charge on any atom is 0.0484 e. The van der Waals surface area contributed by atoms with Gasteiger partial charge in [-0.1, -0.05) is 43.6 Å². The molecule has 0 aliphatic rings. The van der Waals surface area contributed by atoms with E-state index in [-0.39, 0.29) is 6.04 Å². The summed E-state index contributed by atoms with van der Waals surface area (Å²) in [5.41, 5.74) is 1.16. The van der Waals surface area contributed by atoms with E-state index in [4.69, 9.17) is 16.3 Å². The van der Waals surface area contributed by atoms with Crippen molar-refractivity contribution in [3.05, 3.63) is 34.9 Å². The predicted octanol–water partition coefficient (Wildman–Crippen LogP) is 3.81. The summed E-state index contributed by atoms with van der Waals surface area (Å²) in [5.74, 6) is 0. The minimum Gasteiger partial charge on any atom is -0.381 e. The van der Waals surface area contributed by atoms with Crippen LogP contribution in [0.25, 0.3) is 0 Å². The topological polar surface area (TPSA) is 21.3 Å². The number of hydrogen-bond acceptors (Lipinski definition) is 2. The van der Waals surface area contributed by atoms with Crippen molar-refractivity contribution in [2.75, 3.05) is 19.8 Å². The third-order valence-electron chi connectivity index (χ3n) is 2.63. The van der Waals surface area contributed by atoms with Gasteiger partial charge in [0, 0.05) is 24.3 Å². The van der Waals surface area contributed by atoms with Crippen LogP contribution in [0, 0.1) is 0 Å². The van der Waals surface area contributed by atoms with Crippen LogP contribution in [0.3, 0.4) is 0 Å². The summed E-state index contributed by atoms with van der Waals surface area (Å²) in [6, 6.07) is 8.29. The number of hydrogen-bond donors (Lipinski definition) is 1. The zero-order chi connectivity index (χ0) is 12.5. The quantitative estimate of drug-likeness (QED) is 0.714. The number of ether oxygens (including phenoxy) is 1. The Morgan fingerprint density at radius 1 is 1.24 bits per heavy atom. The van der Waals surface area contributed by atoms with Crippen molar-refractivity contribution in [3.63, 3.8) is 0 Å². The number of halogens is 1. The number of rotatable bonds is 8. The predicted molar refractivity (Wildman–Crippen MR) is 73.6 cm³/mol. The Morgan fingerprint density at radius 2 is 2.00 bits per heavy atom. The molecule has 1 aromatic rings. The summed E-state index contributed by atoms with van der Waals surface area (Å²) in [6.45, 7) is 6.77. The maximum absolute atomic E-state index is 6.21. The van der Waals surface area contributed by atoms with Crippen LogP contribution >= 0.6 is 11.6 Å². The van der Waals surface area contributed by atoms with Gasteiger partial charge in [0.05, 0.1) is 0 Å². The first-order chi connectivity index (χ1) is 8.29. The molecule has 0 bridgehead atoms. The van der Waals surface area contributed by atoms with E-state index in [9.17, 15) is 0 Å². The Bertz CT molecular complexity index is 317. The molecule has 0 aliphatic carbocycles. The van der Waals surface area contributed by atoms with Crippen LogP contribution in [0.5, 0.6) is 0 Å². The molecule has 0 aliphatic heterocycles. The van der Waals surface area contributed by atoms with Gasteiger partial charge < -0.3 is 10.1 Å². The average molecular weight is 256 g/mol. The molecule has 2 nitrogen and oxygen atoms in total. The van der Waals surface area contributed by atoms with Crippen LogP contribution in [-0.2, 0) is 4.74 Å². The zero-order valence-corrected chi connectivity index (χ0v) is 11.5. The third-order valence-corrected chi connectivity index (χ3v) is 2.97. The highest BCUT2D eigenvalue weighted by atomic mass is 35.5. The lowest BCUT2D eigenvalue weighted by molar-refractivity contribution is 0.124. The van der Waals surface area contributed by atoms with Crippen molar-refractivity contribution in [3.8, 4) is 0 Å². The highest BCUT2D eigenvalue weighted by molar-refractivity contribution is 6.31. The summed E-state index contributed by atoms with van der Waals surface area (Å²) >= 11 is 6.21. The van der Waals surface area contributed by atoms with Crippen LogP contribution in [0.2, 0.25) is 5.02 Å². The second kappa shape index (κ2) is 8.51. The fourth-order valence-electron chi connectivity index (χ4n) is 1.82. The Balaban J connectivity index is 2.56. The summed E-state index contributed by atoms with van der Waals surface area (Å²) < 4.78 is 5.54. The fourth-order valence-corrected chi connectivity index (χ4v) is 2.09. The lowest BCUT2D eigenvalue weighted by Gasteiger charge is -2.19. The highest BCUT2D eigenvalue weighted by Gasteiger charge is 2.12. The molecule has 17 heavy (non-hydrogen) atoms. The first kappa shape index (κ1) is 14.5. The zero-order valence-electron chi connectivity index (χ0n) is 10.7. The van der Waals surface area contributed by atoms with Gasteiger partial charge in [-0.15, -0.1) is 0 Å². The molecule has 96 valence electrons. The molecule has 0 amide bonds. The van der Waals surface area contributed by atoms with Crippen LogP contribution in [-0.4, -0.2) is 19.8 Å². The van der Waals surface area contributed by atoms with Gasteiger partial charge in [-0.25, -0.2) is 0 Å². The van der Waals surface area contributed by atoms with E-state index in [2.05, 4.69) is 25.2 Å². The van der Waals surface area contributed by atoms with E-state index in [0.29, 0.717) is 0 Å². The standard InChI is InChI=1S/C14H22ClNO/c1-3-10-17-11-9-14(16-4-2)12-7-5-6-8-13(12)15/h5-8,14,16H,3-4,9-11H2,1-2H3. The first-order valence-electron chi connectivity index (χ1n) is 6.35. The molecule has 0 saturated heterocycles. The smallest absolute Gasteiger partial charge is 0.0484 e. The van der Waals surface area contributed by atoms with Crippen LogP contribution in [0.15, 0.2) is 24.3 Å². The third kappa shape index (κ3) is 5.07. The number of nitrogens with one attached hydrogen (secondary N) is 1. The molecule has 3 heteroatoms. The average Bonchev–Trinajstić information content (AvgIpc) is 2.34. The van der Waals surface area contributed by atoms with E-state index in [1.807, 2.05) is 18.2 Å². The van der Waals surface area contributed by atoms with Crippen LogP contribution in [0.1, 0.15) is 38.3 Å². The maximum atomic E-state index is 6.21. The summed E-state index contributed by atoms with van der Waals surface area (Å²) in [4.78, 5) is 0. The van der Waals surface area contributed by atoms with Gasteiger partial charge in [-0.05, 0) is 31.0 Å². The van der Waals surface area contributed by atoms with E-state index in [1.165, 1.54) is 0 Å². The minimum atomic E-state index is 0.283. The van der Waals surface area contributed by atoms with Crippen molar-refractivity contribution in [1.29, 1.82) is 0 Å². The minimum absolute atomic E-state index is 0.283. The van der Waals surface area contributed by atoms with Gasteiger partial charge in [0.2, 0.25) is 0 Å². The second-order valence-electron chi connectivity index (χ2n) is 4.03. The molecule has 1 N–H and O–H groups in total. The summed E-state index contributed by atoms with van der Waals surface area (Å²) in [6.07, 6.45) is 2.02. The fraction of sp³-hybridized carbons (Fsp3) is 0.571. The first-order valence-corrected chi connectivity index (χ1v) is 6.73. The Labute approximate surface area is 109 Å². The molecular formula is C14H22ClNO. The lowest BCUT2D eigenvalue weighted by Crippen LogP contribution is -2.22. The van der Waals surface area contributed by atoms with E-state index >= 15 is 0 Å². The molecule has 1 aromatic carbocycles. The van der Waals surface area contributed by atoms with Crippen molar-refractivity contribution < 1.29 is 4.74 Å². The Kier molecular flexibility index (Phi) is 7.25. The van der Waals surface area contributed by atoms with Crippen molar-refractivity contribution >= 4 is 11.6 Å². The van der Waals surface area contributed by atoms with Gasteiger partial charge >= 0.3 is 0 Å². The molecule has 0 fully saturated rings. The van der Waals surface area contributed by atoms with Gasteiger partial charge in [0.1, 0.15) is 0 Å². The van der Waals surface area contributed by atoms with E-state index < -0.39 is 0 Å².